The summed E-state index contributed by atoms with van der Waals surface area (Å²) in [6.07, 6.45) is 2.72. The van der Waals surface area contributed by atoms with Gasteiger partial charge >= 0.3 is 0 Å². The summed E-state index contributed by atoms with van der Waals surface area (Å²) < 4.78 is 32.4. The van der Waals surface area contributed by atoms with Crippen LogP contribution in [0.5, 0.6) is 0 Å². The summed E-state index contributed by atoms with van der Waals surface area (Å²) in [4.78, 5) is 0.336. The molecule has 0 saturated carbocycles. The molecule has 1 heterocycles. The zero-order valence-corrected chi connectivity index (χ0v) is 13.3. The molecule has 2 rings (SSSR count). The molecule has 6 heteroatoms. The van der Waals surface area contributed by atoms with Crippen LogP contribution >= 0.6 is 0 Å². The van der Waals surface area contributed by atoms with Gasteiger partial charge in [0.15, 0.2) is 0 Å². The van der Waals surface area contributed by atoms with E-state index < -0.39 is 10.0 Å². The fourth-order valence-electron chi connectivity index (χ4n) is 2.56. The molecule has 2 N–H and O–H groups in total. The number of sulfonamides is 1. The van der Waals surface area contributed by atoms with Crippen molar-refractivity contribution in [1.82, 2.24) is 4.31 Å². The van der Waals surface area contributed by atoms with E-state index in [2.05, 4.69) is 0 Å². The van der Waals surface area contributed by atoms with Crippen molar-refractivity contribution in [2.45, 2.75) is 37.2 Å². The second-order valence-corrected chi connectivity index (χ2v) is 7.21. The lowest BCUT2D eigenvalue weighted by molar-refractivity contribution is 0.0947. The molecule has 5 nitrogen and oxygen atoms in total. The average Bonchev–Trinajstić information content (AvgIpc) is 2.98. The second-order valence-electron chi connectivity index (χ2n) is 5.27. The first-order valence-corrected chi connectivity index (χ1v) is 8.92. The molecule has 1 saturated heterocycles. The number of benzene rings is 1. The Hall–Kier alpha value is -0.950. The third kappa shape index (κ3) is 4.03. The molecule has 1 aliphatic heterocycles. The minimum atomic E-state index is -3.45. The van der Waals surface area contributed by atoms with Gasteiger partial charge in [0.2, 0.25) is 10.0 Å². The standard InChI is InChI=1S/C15H24N2O3S/c1-2-17(12-14-4-3-11-20-14)21(18,19)15-7-5-13(6-8-15)9-10-16/h5-8,14H,2-4,9-12,16H2,1H3. The van der Waals surface area contributed by atoms with Crippen molar-refractivity contribution in [2.24, 2.45) is 5.73 Å². The Bertz CT molecular complexity index is 537. The molecule has 0 radical (unpaired) electrons. The normalized spacial score (nSPS) is 19.3. The van der Waals surface area contributed by atoms with Gasteiger partial charge in [0, 0.05) is 19.7 Å². The highest BCUT2D eigenvalue weighted by Crippen LogP contribution is 2.20. The van der Waals surface area contributed by atoms with Crippen molar-refractivity contribution in [3.63, 3.8) is 0 Å². The summed E-state index contributed by atoms with van der Waals surface area (Å²) in [7, 11) is -3.45. The average molecular weight is 312 g/mol. The zero-order valence-electron chi connectivity index (χ0n) is 12.5. The van der Waals surface area contributed by atoms with E-state index in [1.165, 1.54) is 4.31 Å². The Labute approximate surface area is 127 Å². The third-order valence-corrected chi connectivity index (χ3v) is 5.73. The number of nitrogens with two attached hydrogens (primary N) is 1. The van der Waals surface area contributed by atoms with E-state index in [1.54, 1.807) is 12.1 Å². The Morgan fingerprint density at radius 3 is 2.57 bits per heavy atom. The molecular formula is C15H24N2O3S. The summed E-state index contributed by atoms with van der Waals surface area (Å²) in [6.45, 7) is 4.04. The van der Waals surface area contributed by atoms with E-state index in [9.17, 15) is 8.42 Å². The Morgan fingerprint density at radius 1 is 1.33 bits per heavy atom. The van der Waals surface area contributed by atoms with Gasteiger partial charge in [-0.05, 0) is 43.5 Å². The molecule has 0 aliphatic carbocycles. The molecule has 0 amide bonds. The smallest absolute Gasteiger partial charge is 0.243 e. The van der Waals surface area contributed by atoms with Gasteiger partial charge in [-0.2, -0.15) is 4.31 Å². The van der Waals surface area contributed by atoms with Gasteiger partial charge in [0.05, 0.1) is 11.0 Å². The van der Waals surface area contributed by atoms with E-state index in [-0.39, 0.29) is 6.10 Å². The number of nitrogens with zero attached hydrogens (tertiary/aromatic N) is 1. The van der Waals surface area contributed by atoms with Gasteiger partial charge in [-0.3, -0.25) is 0 Å². The summed E-state index contributed by atoms with van der Waals surface area (Å²) >= 11 is 0. The topological polar surface area (TPSA) is 72.6 Å². The van der Waals surface area contributed by atoms with E-state index in [1.807, 2.05) is 19.1 Å². The number of likely N-dealkylation sites (N-methyl/N-ethyl adjacent to an activating group) is 1. The highest BCUT2D eigenvalue weighted by atomic mass is 32.2. The third-order valence-electron chi connectivity index (χ3n) is 3.78. The van der Waals surface area contributed by atoms with Crippen molar-refractivity contribution < 1.29 is 13.2 Å². The monoisotopic (exact) mass is 312 g/mol. The molecule has 1 aliphatic rings. The first kappa shape index (κ1) is 16.4. The van der Waals surface area contributed by atoms with Crippen LogP contribution in [-0.4, -0.2) is 45.1 Å². The Kier molecular flexibility index (Phi) is 5.75. The fourth-order valence-corrected chi connectivity index (χ4v) is 4.04. The first-order chi connectivity index (χ1) is 10.1. The predicted octanol–water partition coefficient (Wildman–Crippen LogP) is 1.38. The van der Waals surface area contributed by atoms with Crippen LogP contribution in [0.2, 0.25) is 0 Å². The summed E-state index contributed by atoms with van der Waals surface area (Å²) in [5.74, 6) is 0. The molecule has 0 bridgehead atoms. The number of hydrogen-bond acceptors (Lipinski definition) is 4. The number of ether oxygens (including phenoxy) is 1. The molecule has 1 fully saturated rings. The predicted molar refractivity (Wildman–Crippen MR) is 82.6 cm³/mol. The van der Waals surface area contributed by atoms with Crippen LogP contribution in [0.25, 0.3) is 0 Å². The summed E-state index contributed by atoms with van der Waals surface area (Å²) in [6, 6.07) is 7.00. The van der Waals surface area contributed by atoms with E-state index in [4.69, 9.17) is 10.5 Å². The van der Waals surface area contributed by atoms with E-state index in [0.717, 1.165) is 31.4 Å². The molecule has 1 aromatic rings. The summed E-state index contributed by atoms with van der Waals surface area (Å²) in [5.41, 5.74) is 6.56. The molecule has 0 spiro atoms. The maximum atomic E-state index is 12.7. The quantitative estimate of drug-likeness (QED) is 0.825. The van der Waals surface area contributed by atoms with Gasteiger partial charge in [-0.15, -0.1) is 0 Å². The van der Waals surface area contributed by atoms with Crippen LogP contribution in [-0.2, 0) is 21.2 Å². The highest BCUT2D eigenvalue weighted by molar-refractivity contribution is 7.89. The van der Waals surface area contributed by atoms with Gasteiger partial charge in [-0.25, -0.2) is 8.42 Å². The molecule has 118 valence electrons. The lowest BCUT2D eigenvalue weighted by atomic mass is 10.2. The van der Waals surface area contributed by atoms with Gasteiger partial charge in [-0.1, -0.05) is 19.1 Å². The van der Waals surface area contributed by atoms with Crippen LogP contribution < -0.4 is 5.73 Å². The second kappa shape index (κ2) is 7.35. The van der Waals surface area contributed by atoms with E-state index in [0.29, 0.717) is 24.5 Å². The number of rotatable bonds is 7. The molecular weight excluding hydrogens is 288 g/mol. The van der Waals surface area contributed by atoms with Crippen molar-refractivity contribution in [3.05, 3.63) is 29.8 Å². The lowest BCUT2D eigenvalue weighted by Crippen LogP contribution is -2.37. The van der Waals surface area contributed by atoms with Crippen molar-refractivity contribution in [2.75, 3.05) is 26.2 Å². The van der Waals surface area contributed by atoms with Crippen molar-refractivity contribution in [3.8, 4) is 0 Å². The van der Waals surface area contributed by atoms with Crippen LogP contribution in [0.3, 0.4) is 0 Å². The number of hydrogen-bond donors (Lipinski definition) is 1. The molecule has 1 unspecified atom stereocenters. The van der Waals surface area contributed by atoms with Crippen LogP contribution in [0, 0.1) is 0 Å². The summed E-state index contributed by atoms with van der Waals surface area (Å²) in [5, 5.41) is 0. The van der Waals surface area contributed by atoms with Crippen LogP contribution in [0.1, 0.15) is 25.3 Å². The zero-order chi connectivity index (χ0) is 15.3. The fraction of sp³-hybridized carbons (Fsp3) is 0.600. The van der Waals surface area contributed by atoms with Crippen LogP contribution in [0.15, 0.2) is 29.2 Å². The Morgan fingerprint density at radius 2 is 2.05 bits per heavy atom. The highest BCUT2D eigenvalue weighted by Gasteiger charge is 2.27. The van der Waals surface area contributed by atoms with Gasteiger partial charge in [0.25, 0.3) is 0 Å². The molecule has 1 atom stereocenters. The molecule has 0 aromatic heterocycles. The maximum absolute atomic E-state index is 12.7. The minimum absolute atomic E-state index is 0.0243. The largest absolute Gasteiger partial charge is 0.377 e. The van der Waals surface area contributed by atoms with Gasteiger partial charge in [0.1, 0.15) is 0 Å². The van der Waals surface area contributed by atoms with E-state index >= 15 is 0 Å². The van der Waals surface area contributed by atoms with Crippen molar-refractivity contribution in [1.29, 1.82) is 0 Å². The Balaban J connectivity index is 2.13. The SMILES string of the molecule is CCN(CC1CCCO1)S(=O)(=O)c1ccc(CCN)cc1. The molecule has 1 aromatic carbocycles. The van der Waals surface area contributed by atoms with Gasteiger partial charge < -0.3 is 10.5 Å². The van der Waals surface area contributed by atoms with Crippen molar-refractivity contribution >= 4 is 10.0 Å². The minimum Gasteiger partial charge on any atom is -0.377 e. The molecule has 21 heavy (non-hydrogen) atoms. The van der Waals surface area contributed by atoms with Crippen LogP contribution in [0.4, 0.5) is 0 Å². The maximum Gasteiger partial charge on any atom is 0.243 e. The first-order valence-electron chi connectivity index (χ1n) is 7.48. The lowest BCUT2D eigenvalue weighted by Gasteiger charge is -2.23.